The molecule has 0 atom stereocenters. The second-order valence-electron chi connectivity index (χ2n) is 7.55. The fraction of sp³-hybridized carbons (Fsp3) is 0.333. The standard InChI is InChI=1S/C24H27N5O4/c1-3-17(26-5-1)23-24(18-4-2-6-27-18)29-20-16-22-21(15-19(20)28-23)32-13-11-30-9-7-25-8-10-31-12-14-33-22/h1-6,15-16,25-27H,7-14H2. The van der Waals surface area contributed by atoms with Crippen molar-refractivity contribution in [2.45, 2.75) is 0 Å². The minimum absolute atomic E-state index is 0.413. The molecular weight excluding hydrogens is 422 g/mol. The van der Waals surface area contributed by atoms with E-state index in [2.05, 4.69) is 15.3 Å². The maximum Gasteiger partial charge on any atom is 0.163 e. The molecule has 0 amide bonds. The van der Waals surface area contributed by atoms with Crippen LogP contribution in [0.3, 0.4) is 0 Å². The Bertz CT molecular complexity index is 1070. The molecule has 4 aromatic rings. The smallest absolute Gasteiger partial charge is 0.163 e. The van der Waals surface area contributed by atoms with Gasteiger partial charge < -0.3 is 34.2 Å². The first-order chi connectivity index (χ1) is 16.4. The minimum Gasteiger partial charge on any atom is -0.487 e. The molecule has 0 aliphatic carbocycles. The van der Waals surface area contributed by atoms with Crippen molar-refractivity contribution in [3.05, 3.63) is 48.8 Å². The monoisotopic (exact) mass is 449 g/mol. The fourth-order valence-corrected chi connectivity index (χ4v) is 3.66. The van der Waals surface area contributed by atoms with E-state index in [0.29, 0.717) is 51.1 Å². The molecule has 9 nitrogen and oxygen atoms in total. The molecule has 3 N–H and O–H groups in total. The van der Waals surface area contributed by atoms with E-state index in [-0.39, 0.29) is 0 Å². The highest BCUT2D eigenvalue weighted by Crippen LogP contribution is 2.35. The zero-order chi connectivity index (χ0) is 22.3. The molecule has 1 aromatic carbocycles. The first-order valence-electron chi connectivity index (χ1n) is 11.1. The third-order valence-electron chi connectivity index (χ3n) is 5.25. The van der Waals surface area contributed by atoms with Crippen molar-refractivity contribution < 1.29 is 18.9 Å². The zero-order valence-electron chi connectivity index (χ0n) is 18.3. The second-order valence-corrected chi connectivity index (χ2v) is 7.55. The van der Waals surface area contributed by atoms with Gasteiger partial charge in [-0.15, -0.1) is 0 Å². The van der Waals surface area contributed by atoms with Crippen LogP contribution in [0.15, 0.2) is 48.8 Å². The van der Waals surface area contributed by atoms with Crippen LogP contribution in [0.5, 0.6) is 11.5 Å². The summed E-state index contributed by atoms with van der Waals surface area (Å²) in [6, 6.07) is 11.6. The lowest BCUT2D eigenvalue weighted by Gasteiger charge is -2.15. The molecule has 0 radical (unpaired) electrons. The van der Waals surface area contributed by atoms with Gasteiger partial charge in [-0.2, -0.15) is 0 Å². The van der Waals surface area contributed by atoms with Crippen LogP contribution in [0, 0.1) is 0 Å². The van der Waals surface area contributed by atoms with Crippen LogP contribution < -0.4 is 14.8 Å². The molecule has 9 heteroatoms. The molecule has 3 aromatic heterocycles. The van der Waals surface area contributed by atoms with Gasteiger partial charge in [0, 0.05) is 37.6 Å². The quantitative estimate of drug-likeness (QED) is 0.432. The molecule has 1 aliphatic heterocycles. The molecule has 0 unspecified atom stereocenters. The molecule has 0 saturated heterocycles. The molecule has 4 heterocycles. The van der Waals surface area contributed by atoms with Gasteiger partial charge in [0.15, 0.2) is 11.5 Å². The molecule has 1 aliphatic rings. The first-order valence-corrected chi connectivity index (χ1v) is 11.1. The van der Waals surface area contributed by atoms with Crippen LogP contribution in [-0.4, -0.2) is 72.7 Å². The van der Waals surface area contributed by atoms with Gasteiger partial charge in [0.05, 0.1) is 48.8 Å². The minimum atomic E-state index is 0.413. The van der Waals surface area contributed by atoms with Crippen molar-refractivity contribution in [3.63, 3.8) is 0 Å². The molecule has 0 bridgehead atoms. The number of benzene rings is 1. The Labute approximate surface area is 191 Å². The SMILES string of the molecule is c1c[nH]c(-c2nc3cc4c(cc3nc2-c2ccc[nH]2)OCCOCCNCCOCCO4)c1. The van der Waals surface area contributed by atoms with Crippen molar-refractivity contribution in [3.8, 4) is 34.3 Å². The lowest BCUT2D eigenvalue weighted by Crippen LogP contribution is -2.25. The summed E-state index contributed by atoms with van der Waals surface area (Å²) in [6.45, 7) is 4.60. The average molecular weight is 450 g/mol. The van der Waals surface area contributed by atoms with Crippen LogP contribution in [0.4, 0.5) is 0 Å². The molecule has 0 fully saturated rings. The Morgan fingerprint density at radius 3 is 1.61 bits per heavy atom. The summed E-state index contributed by atoms with van der Waals surface area (Å²) < 4.78 is 23.3. The number of aromatic amines is 2. The van der Waals surface area contributed by atoms with E-state index in [0.717, 1.165) is 46.9 Å². The number of rotatable bonds is 2. The third kappa shape index (κ3) is 5.16. The summed E-state index contributed by atoms with van der Waals surface area (Å²) in [4.78, 5) is 16.3. The van der Waals surface area contributed by atoms with E-state index in [4.69, 9.17) is 28.9 Å². The van der Waals surface area contributed by atoms with Crippen LogP contribution >= 0.6 is 0 Å². The van der Waals surface area contributed by atoms with Gasteiger partial charge in [-0.1, -0.05) is 0 Å². The van der Waals surface area contributed by atoms with Crippen molar-refractivity contribution in [1.82, 2.24) is 25.3 Å². The van der Waals surface area contributed by atoms with Crippen LogP contribution in [0.2, 0.25) is 0 Å². The average Bonchev–Trinajstić information content (AvgIpc) is 3.55. The molecule has 33 heavy (non-hydrogen) atoms. The van der Waals surface area contributed by atoms with Gasteiger partial charge in [-0.3, -0.25) is 0 Å². The van der Waals surface area contributed by atoms with E-state index in [1.165, 1.54) is 0 Å². The van der Waals surface area contributed by atoms with E-state index in [1.54, 1.807) is 0 Å². The topological polar surface area (TPSA) is 106 Å². The first kappa shape index (κ1) is 21.4. The van der Waals surface area contributed by atoms with Gasteiger partial charge in [-0.05, 0) is 24.3 Å². The number of ether oxygens (including phenoxy) is 4. The second kappa shape index (κ2) is 10.5. The number of nitrogens with one attached hydrogen (secondary N) is 3. The normalized spacial score (nSPS) is 16.2. The number of nitrogens with zero attached hydrogens (tertiary/aromatic N) is 2. The summed E-state index contributed by atoms with van der Waals surface area (Å²) in [5.41, 5.74) is 4.74. The third-order valence-corrected chi connectivity index (χ3v) is 5.25. The van der Waals surface area contributed by atoms with Crippen LogP contribution in [0.1, 0.15) is 0 Å². The number of fused-ring (bicyclic) bond motifs is 2. The van der Waals surface area contributed by atoms with E-state index < -0.39 is 0 Å². The van der Waals surface area contributed by atoms with Gasteiger partial charge in [0.1, 0.15) is 24.6 Å². The number of hydrogen-bond donors (Lipinski definition) is 3. The van der Waals surface area contributed by atoms with Crippen LogP contribution in [-0.2, 0) is 9.47 Å². The Morgan fingerprint density at radius 1 is 0.636 bits per heavy atom. The van der Waals surface area contributed by atoms with Crippen molar-refractivity contribution in [1.29, 1.82) is 0 Å². The predicted molar refractivity (Wildman–Crippen MR) is 125 cm³/mol. The number of H-pyrrole nitrogens is 2. The lowest BCUT2D eigenvalue weighted by molar-refractivity contribution is 0.0975. The highest BCUT2D eigenvalue weighted by Gasteiger charge is 2.17. The van der Waals surface area contributed by atoms with Crippen molar-refractivity contribution in [2.75, 3.05) is 52.7 Å². The summed E-state index contributed by atoms with van der Waals surface area (Å²) in [7, 11) is 0. The van der Waals surface area contributed by atoms with Gasteiger partial charge >= 0.3 is 0 Å². The van der Waals surface area contributed by atoms with E-state index >= 15 is 0 Å². The van der Waals surface area contributed by atoms with E-state index in [9.17, 15) is 0 Å². The summed E-state index contributed by atoms with van der Waals surface area (Å²) >= 11 is 0. The molecule has 0 saturated carbocycles. The van der Waals surface area contributed by atoms with Crippen molar-refractivity contribution >= 4 is 11.0 Å². The summed E-state index contributed by atoms with van der Waals surface area (Å²) in [6.07, 6.45) is 3.75. The largest absolute Gasteiger partial charge is 0.487 e. The molecule has 5 rings (SSSR count). The zero-order valence-corrected chi connectivity index (χ0v) is 18.3. The Hall–Kier alpha value is -3.40. The van der Waals surface area contributed by atoms with Gasteiger partial charge in [-0.25, -0.2) is 9.97 Å². The Morgan fingerprint density at radius 2 is 1.15 bits per heavy atom. The Kier molecular flexibility index (Phi) is 6.81. The van der Waals surface area contributed by atoms with Gasteiger partial charge in [0.25, 0.3) is 0 Å². The van der Waals surface area contributed by atoms with Crippen molar-refractivity contribution in [2.24, 2.45) is 0 Å². The van der Waals surface area contributed by atoms with Crippen LogP contribution in [0.25, 0.3) is 33.8 Å². The maximum absolute atomic E-state index is 6.01. The maximum atomic E-state index is 6.01. The molecule has 172 valence electrons. The summed E-state index contributed by atoms with van der Waals surface area (Å²) in [5.74, 6) is 1.22. The highest BCUT2D eigenvalue weighted by atomic mass is 16.6. The lowest BCUT2D eigenvalue weighted by atomic mass is 10.1. The Balaban J connectivity index is 1.52. The van der Waals surface area contributed by atoms with E-state index in [1.807, 2.05) is 48.8 Å². The number of hydrogen-bond acceptors (Lipinski definition) is 7. The molecule has 0 spiro atoms. The number of aromatic nitrogens is 4. The predicted octanol–water partition coefficient (Wildman–Crippen LogP) is 3.01. The fourth-order valence-electron chi connectivity index (χ4n) is 3.66. The summed E-state index contributed by atoms with van der Waals surface area (Å²) in [5, 5.41) is 3.27. The highest BCUT2D eigenvalue weighted by molar-refractivity contribution is 5.86. The molecular formula is C24H27N5O4. The van der Waals surface area contributed by atoms with Gasteiger partial charge in [0.2, 0.25) is 0 Å².